The molecule has 0 N–H and O–H groups in total. The second kappa shape index (κ2) is 4.43. The van der Waals surface area contributed by atoms with E-state index in [0.717, 1.165) is 29.0 Å². The van der Waals surface area contributed by atoms with Crippen molar-refractivity contribution in [2.45, 2.75) is 25.7 Å². The zero-order chi connectivity index (χ0) is 13.5. The minimum absolute atomic E-state index is 0.0275. The van der Waals surface area contributed by atoms with Crippen LogP contribution in [0.25, 0.3) is 0 Å². The third kappa shape index (κ3) is 1.69. The van der Waals surface area contributed by atoms with Crippen molar-refractivity contribution in [3.8, 4) is 17.6 Å². The van der Waals surface area contributed by atoms with Crippen LogP contribution >= 0.6 is 0 Å². The van der Waals surface area contributed by atoms with Crippen molar-refractivity contribution in [1.82, 2.24) is 0 Å². The summed E-state index contributed by atoms with van der Waals surface area (Å²) in [6, 6.07) is 6.47. The monoisotopic (exact) mass is 259 g/mol. The molecule has 0 spiro atoms. The van der Waals surface area contributed by atoms with E-state index in [0.29, 0.717) is 13.2 Å². The molecule has 1 aromatic carbocycles. The fourth-order valence-corrected chi connectivity index (χ4v) is 3.05. The number of aryl methyl sites for hydroxylation is 1. The van der Waals surface area contributed by atoms with Crippen molar-refractivity contribution < 1.29 is 14.2 Å². The van der Waals surface area contributed by atoms with Gasteiger partial charge in [0.2, 0.25) is 6.79 Å². The van der Waals surface area contributed by atoms with Gasteiger partial charge in [-0.25, -0.2) is 0 Å². The first-order valence-corrected chi connectivity index (χ1v) is 6.59. The zero-order valence-corrected chi connectivity index (χ0v) is 11.2. The van der Waals surface area contributed by atoms with Gasteiger partial charge in [0.25, 0.3) is 0 Å². The van der Waals surface area contributed by atoms with Gasteiger partial charge in [-0.05, 0) is 36.6 Å². The molecule has 2 aliphatic rings. The molecule has 1 saturated heterocycles. The molecular weight excluding hydrogens is 242 g/mol. The van der Waals surface area contributed by atoms with Gasteiger partial charge in [0, 0.05) is 0 Å². The molecule has 0 saturated carbocycles. The van der Waals surface area contributed by atoms with E-state index in [1.54, 1.807) is 0 Å². The zero-order valence-electron chi connectivity index (χ0n) is 11.2. The number of hydrogen-bond acceptors (Lipinski definition) is 4. The molecule has 1 atom stereocenters. The Morgan fingerprint density at radius 2 is 2.00 bits per heavy atom. The second-order valence-corrected chi connectivity index (χ2v) is 5.26. The SMILES string of the molecule is CCC(C#N)C1(c2cc3c(cc2C)OCO3)COC1. The highest BCUT2D eigenvalue weighted by molar-refractivity contribution is 5.52. The average molecular weight is 259 g/mol. The highest BCUT2D eigenvalue weighted by Crippen LogP contribution is 2.46. The van der Waals surface area contributed by atoms with Gasteiger partial charge in [-0.1, -0.05) is 6.92 Å². The lowest BCUT2D eigenvalue weighted by molar-refractivity contribution is -0.0808. The molecule has 1 aromatic rings. The number of hydrogen-bond donors (Lipinski definition) is 0. The van der Waals surface area contributed by atoms with Crippen molar-refractivity contribution in [3.05, 3.63) is 23.3 Å². The minimum Gasteiger partial charge on any atom is -0.454 e. The third-order valence-electron chi connectivity index (χ3n) is 4.21. The van der Waals surface area contributed by atoms with Crippen molar-refractivity contribution >= 4 is 0 Å². The molecule has 19 heavy (non-hydrogen) atoms. The van der Waals surface area contributed by atoms with E-state index in [1.807, 2.05) is 12.1 Å². The summed E-state index contributed by atoms with van der Waals surface area (Å²) in [6.45, 7) is 5.61. The number of nitrogens with zero attached hydrogens (tertiary/aromatic N) is 1. The largest absolute Gasteiger partial charge is 0.454 e. The highest BCUT2D eigenvalue weighted by Gasteiger charge is 2.48. The Bertz CT molecular complexity index is 543. The summed E-state index contributed by atoms with van der Waals surface area (Å²) < 4.78 is 16.3. The first kappa shape index (κ1) is 12.3. The molecule has 0 amide bonds. The molecule has 0 radical (unpaired) electrons. The first-order chi connectivity index (χ1) is 9.21. The summed E-state index contributed by atoms with van der Waals surface area (Å²) in [5.41, 5.74) is 2.12. The Morgan fingerprint density at radius 1 is 1.32 bits per heavy atom. The summed E-state index contributed by atoms with van der Waals surface area (Å²) >= 11 is 0. The van der Waals surface area contributed by atoms with Crippen LogP contribution in [0.3, 0.4) is 0 Å². The quantitative estimate of drug-likeness (QED) is 0.837. The maximum Gasteiger partial charge on any atom is 0.231 e. The van der Waals surface area contributed by atoms with Crippen LogP contribution in [-0.2, 0) is 10.2 Å². The van der Waals surface area contributed by atoms with Crippen molar-refractivity contribution in [3.63, 3.8) is 0 Å². The van der Waals surface area contributed by atoms with Crippen LogP contribution in [0, 0.1) is 24.2 Å². The summed E-state index contributed by atoms with van der Waals surface area (Å²) in [5, 5.41) is 9.41. The van der Waals surface area contributed by atoms with Gasteiger partial charge < -0.3 is 14.2 Å². The molecule has 0 aliphatic carbocycles. The molecule has 0 bridgehead atoms. The molecule has 2 aliphatic heterocycles. The number of fused-ring (bicyclic) bond motifs is 1. The third-order valence-corrected chi connectivity index (χ3v) is 4.21. The smallest absolute Gasteiger partial charge is 0.231 e. The fourth-order valence-electron chi connectivity index (χ4n) is 3.05. The standard InChI is InChI=1S/C15H17NO3/c1-3-11(6-16)15(7-17-8-15)12-5-14-13(4-10(12)2)18-9-19-14/h4-5,11H,3,7-9H2,1-2H3. The summed E-state index contributed by atoms with van der Waals surface area (Å²) in [4.78, 5) is 0. The molecule has 4 nitrogen and oxygen atoms in total. The molecule has 0 aromatic heterocycles. The van der Waals surface area contributed by atoms with E-state index in [-0.39, 0.29) is 18.1 Å². The van der Waals surface area contributed by atoms with Gasteiger partial charge in [0.1, 0.15) is 0 Å². The molecule has 3 rings (SSSR count). The van der Waals surface area contributed by atoms with Crippen LogP contribution in [0.1, 0.15) is 24.5 Å². The van der Waals surface area contributed by atoms with E-state index in [2.05, 4.69) is 19.9 Å². The topological polar surface area (TPSA) is 51.5 Å². The van der Waals surface area contributed by atoms with Crippen LogP contribution in [-0.4, -0.2) is 20.0 Å². The molecule has 2 heterocycles. The average Bonchev–Trinajstić information content (AvgIpc) is 2.80. The van der Waals surface area contributed by atoms with Crippen LogP contribution in [0.4, 0.5) is 0 Å². The predicted octanol–water partition coefficient (Wildman–Crippen LogP) is 2.54. The normalized spacial score (nSPS) is 20.5. The lowest BCUT2D eigenvalue weighted by Crippen LogP contribution is -2.52. The van der Waals surface area contributed by atoms with Crippen molar-refractivity contribution in [1.29, 1.82) is 5.26 Å². The van der Waals surface area contributed by atoms with Gasteiger partial charge >= 0.3 is 0 Å². The number of rotatable bonds is 3. The lowest BCUT2D eigenvalue weighted by atomic mass is 9.67. The van der Waals surface area contributed by atoms with E-state index < -0.39 is 0 Å². The summed E-state index contributed by atoms with van der Waals surface area (Å²) in [6.07, 6.45) is 0.827. The van der Waals surface area contributed by atoms with E-state index in [9.17, 15) is 5.26 Å². The Labute approximate surface area is 112 Å². The highest BCUT2D eigenvalue weighted by atomic mass is 16.7. The Balaban J connectivity index is 2.08. The Morgan fingerprint density at radius 3 is 2.53 bits per heavy atom. The van der Waals surface area contributed by atoms with E-state index in [4.69, 9.17) is 14.2 Å². The number of ether oxygens (including phenoxy) is 3. The van der Waals surface area contributed by atoms with Crippen LogP contribution < -0.4 is 9.47 Å². The van der Waals surface area contributed by atoms with Crippen molar-refractivity contribution in [2.24, 2.45) is 5.92 Å². The summed E-state index contributed by atoms with van der Waals surface area (Å²) in [7, 11) is 0. The Kier molecular flexibility index (Phi) is 2.87. The van der Waals surface area contributed by atoms with Gasteiger partial charge in [-0.2, -0.15) is 5.26 Å². The maximum atomic E-state index is 9.41. The molecule has 100 valence electrons. The molecule has 1 unspecified atom stereocenters. The van der Waals surface area contributed by atoms with Gasteiger partial charge in [-0.3, -0.25) is 0 Å². The van der Waals surface area contributed by atoms with Gasteiger partial charge in [0.15, 0.2) is 11.5 Å². The number of nitriles is 1. The molecule has 4 heteroatoms. The fraction of sp³-hybridized carbons (Fsp3) is 0.533. The second-order valence-electron chi connectivity index (χ2n) is 5.26. The first-order valence-electron chi connectivity index (χ1n) is 6.59. The minimum atomic E-state index is -0.186. The van der Waals surface area contributed by atoms with Crippen molar-refractivity contribution in [2.75, 3.05) is 20.0 Å². The van der Waals surface area contributed by atoms with Crippen LogP contribution in [0.15, 0.2) is 12.1 Å². The van der Waals surface area contributed by atoms with Gasteiger partial charge in [-0.15, -0.1) is 0 Å². The van der Waals surface area contributed by atoms with Crippen LogP contribution in [0.5, 0.6) is 11.5 Å². The van der Waals surface area contributed by atoms with Crippen LogP contribution in [0.2, 0.25) is 0 Å². The Hall–Kier alpha value is -1.73. The molecule has 1 fully saturated rings. The van der Waals surface area contributed by atoms with E-state index in [1.165, 1.54) is 0 Å². The predicted molar refractivity (Wildman–Crippen MR) is 69.2 cm³/mol. The van der Waals surface area contributed by atoms with Gasteiger partial charge in [0.05, 0.1) is 30.6 Å². The van der Waals surface area contributed by atoms with E-state index >= 15 is 0 Å². The maximum absolute atomic E-state index is 9.41. The summed E-state index contributed by atoms with van der Waals surface area (Å²) in [5.74, 6) is 1.54. The number of benzene rings is 1. The lowest BCUT2D eigenvalue weighted by Gasteiger charge is -2.45. The molecular formula is C15H17NO3.